The minimum absolute atomic E-state index is 0.167. The highest BCUT2D eigenvalue weighted by Gasteiger charge is 2.20. The number of hydrogen-bond donors (Lipinski definition) is 2. The highest BCUT2D eigenvalue weighted by Crippen LogP contribution is 2.33. The summed E-state index contributed by atoms with van der Waals surface area (Å²) >= 11 is 6.08. The molecule has 1 aromatic carbocycles. The number of carbonyl (C=O) groups excluding carboxylic acids is 1. The van der Waals surface area contributed by atoms with Gasteiger partial charge in [0.2, 0.25) is 0 Å². The number of pyridine rings is 1. The first kappa shape index (κ1) is 9.42. The second-order valence-electron chi connectivity index (χ2n) is 3.71. The number of nitrogens with one attached hydrogen (secondary N) is 2. The third-order valence-electron chi connectivity index (χ3n) is 2.59. The summed E-state index contributed by atoms with van der Waals surface area (Å²) in [6, 6.07) is 5.28. The monoisotopic (exact) mass is 233 g/mol. The van der Waals surface area contributed by atoms with E-state index in [1.807, 2.05) is 13.0 Å². The van der Waals surface area contributed by atoms with Gasteiger partial charge in [-0.3, -0.25) is 20.6 Å². The number of rotatable bonds is 0. The van der Waals surface area contributed by atoms with Gasteiger partial charge in [-0.2, -0.15) is 0 Å². The lowest BCUT2D eigenvalue weighted by molar-refractivity contribution is 0.0962. The van der Waals surface area contributed by atoms with E-state index in [-0.39, 0.29) is 5.91 Å². The second-order valence-corrected chi connectivity index (χ2v) is 4.12. The van der Waals surface area contributed by atoms with Crippen molar-refractivity contribution in [2.75, 3.05) is 5.43 Å². The van der Waals surface area contributed by atoms with Crippen LogP contribution in [0, 0.1) is 6.92 Å². The second kappa shape index (κ2) is 3.09. The number of anilines is 1. The molecule has 0 aliphatic carbocycles. The van der Waals surface area contributed by atoms with E-state index in [1.165, 1.54) is 0 Å². The Morgan fingerprint density at radius 3 is 2.94 bits per heavy atom. The van der Waals surface area contributed by atoms with Gasteiger partial charge in [0.25, 0.3) is 5.91 Å². The van der Waals surface area contributed by atoms with Crippen LogP contribution in [0.1, 0.15) is 16.1 Å². The van der Waals surface area contributed by atoms with Crippen molar-refractivity contribution < 1.29 is 4.79 Å². The Morgan fingerprint density at radius 2 is 2.12 bits per heavy atom. The summed E-state index contributed by atoms with van der Waals surface area (Å²) in [7, 11) is 0. The fourth-order valence-corrected chi connectivity index (χ4v) is 2.12. The SMILES string of the molecule is Cc1cc2c3c(ccc(Cl)c3n1)C(=O)NN2. The third-order valence-corrected chi connectivity index (χ3v) is 2.90. The van der Waals surface area contributed by atoms with Crippen LogP contribution in [0.2, 0.25) is 5.02 Å². The van der Waals surface area contributed by atoms with Crippen LogP contribution in [-0.4, -0.2) is 10.9 Å². The topological polar surface area (TPSA) is 54.0 Å². The van der Waals surface area contributed by atoms with Crippen LogP contribution >= 0.6 is 11.6 Å². The lowest BCUT2D eigenvalue weighted by Gasteiger charge is -2.19. The first-order chi connectivity index (χ1) is 7.66. The smallest absolute Gasteiger partial charge is 0.270 e. The lowest BCUT2D eigenvalue weighted by atomic mass is 10.0. The molecule has 1 amide bonds. The van der Waals surface area contributed by atoms with Crippen LogP contribution in [-0.2, 0) is 0 Å². The molecule has 1 aliphatic heterocycles. The van der Waals surface area contributed by atoms with Gasteiger partial charge < -0.3 is 0 Å². The minimum Gasteiger partial charge on any atom is -0.298 e. The standard InChI is InChI=1S/C11H8ClN3O/c1-5-4-8-9-6(11(16)15-14-8)2-3-7(12)10(9)13-5/h2-4,14H,1H3,(H,15,16). The molecule has 0 radical (unpaired) electrons. The highest BCUT2D eigenvalue weighted by molar-refractivity contribution is 6.36. The molecule has 0 bridgehead atoms. The van der Waals surface area contributed by atoms with Crippen molar-refractivity contribution in [3.63, 3.8) is 0 Å². The number of benzene rings is 1. The Labute approximate surface area is 96.6 Å². The van der Waals surface area contributed by atoms with Gasteiger partial charge in [0, 0.05) is 11.1 Å². The predicted octanol–water partition coefficient (Wildman–Crippen LogP) is 2.27. The Hall–Kier alpha value is -1.81. The summed E-state index contributed by atoms with van der Waals surface area (Å²) in [5.74, 6) is -0.167. The van der Waals surface area contributed by atoms with E-state index in [9.17, 15) is 4.79 Å². The Bertz CT molecular complexity index is 624. The molecule has 0 spiro atoms. The summed E-state index contributed by atoms with van der Waals surface area (Å²) in [5, 5.41) is 1.34. The van der Waals surface area contributed by atoms with Crippen molar-refractivity contribution in [3.05, 3.63) is 34.5 Å². The molecule has 5 heteroatoms. The minimum atomic E-state index is -0.167. The number of aromatic nitrogens is 1. The van der Waals surface area contributed by atoms with Gasteiger partial charge in [-0.25, -0.2) is 0 Å². The molecule has 1 aliphatic rings. The van der Waals surface area contributed by atoms with Crippen LogP contribution in [0.4, 0.5) is 5.69 Å². The largest absolute Gasteiger partial charge is 0.298 e. The molecule has 1 aromatic heterocycles. The lowest BCUT2D eigenvalue weighted by Crippen LogP contribution is -2.33. The molecule has 0 saturated carbocycles. The van der Waals surface area contributed by atoms with E-state index in [4.69, 9.17) is 11.6 Å². The molecule has 2 aromatic rings. The van der Waals surface area contributed by atoms with Gasteiger partial charge in [-0.05, 0) is 25.1 Å². The van der Waals surface area contributed by atoms with Crippen molar-refractivity contribution >= 4 is 34.1 Å². The normalized spacial score (nSPS) is 13.5. The molecule has 4 nitrogen and oxygen atoms in total. The molecule has 3 rings (SSSR count). The van der Waals surface area contributed by atoms with E-state index in [1.54, 1.807) is 12.1 Å². The highest BCUT2D eigenvalue weighted by atomic mass is 35.5. The number of nitrogens with zero attached hydrogens (tertiary/aromatic N) is 1. The van der Waals surface area contributed by atoms with E-state index in [2.05, 4.69) is 15.8 Å². The van der Waals surface area contributed by atoms with Crippen molar-refractivity contribution in [2.45, 2.75) is 6.92 Å². The van der Waals surface area contributed by atoms with Gasteiger partial charge in [0.05, 0.1) is 21.8 Å². The fourth-order valence-electron chi connectivity index (χ4n) is 1.92. The molecule has 0 unspecified atom stereocenters. The maximum atomic E-state index is 11.6. The summed E-state index contributed by atoms with van der Waals surface area (Å²) in [6.45, 7) is 1.89. The molecule has 0 atom stereocenters. The van der Waals surface area contributed by atoms with Gasteiger partial charge in [-0.15, -0.1) is 0 Å². The molecule has 2 heterocycles. The van der Waals surface area contributed by atoms with Crippen molar-refractivity contribution in [2.24, 2.45) is 0 Å². The zero-order valence-corrected chi connectivity index (χ0v) is 9.22. The van der Waals surface area contributed by atoms with Crippen LogP contribution in [0.25, 0.3) is 10.9 Å². The summed E-state index contributed by atoms with van der Waals surface area (Å²) < 4.78 is 0. The van der Waals surface area contributed by atoms with Crippen LogP contribution in [0.15, 0.2) is 18.2 Å². The van der Waals surface area contributed by atoms with E-state index < -0.39 is 0 Å². The number of hydrazine groups is 1. The van der Waals surface area contributed by atoms with Gasteiger partial charge in [0.1, 0.15) is 0 Å². The van der Waals surface area contributed by atoms with Gasteiger partial charge in [-0.1, -0.05) is 11.6 Å². The average Bonchev–Trinajstić information content (AvgIpc) is 2.26. The summed E-state index contributed by atoms with van der Waals surface area (Å²) in [6.07, 6.45) is 0. The van der Waals surface area contributed by atoms with Crippen molar-refractivity contribution in [1.29, 1.82) is 0 Å². The van der Waals surface area contributed by atoms with E-state index >= 15 is 0 Å². The molecular formula is C11H8ClN3O. The number of aryl methyl sites for hydroxylation is 1. The average molecular weight is 234 g/mol. The van der Waals surface area contributed by atoms with Crippen molar-refractivity contribution in [3.8, 4) is 0 Å². The molecular weight excluding hydrogens is 226 g/mol. The van der Waals surface area contributed by atoms with Crippen LogP contribution in [0.5, 0.6) is 0 Å². The fraction of sp³-hybridized carbons (Fsp3) is 0.0909. The molecule has 16 heavy (non-hydrogen) atoms. The van der Waals surface area contributed by atoms with Crippen molar-refractivity contribution in [1.82, 2.24) is 10.4 Å². The number of hydrogen-bond acceptors (Lipinski definition) is 3. The first-order valence-electron chi connectivity index (χ1n) is 4.83. The molecule has 0 saturated heterocycles. The zero-order valence-electron chi connectivity index (χ0n) is 8.47. The number of carbonyl (C=O) groups is 1. The Morgan fingerprint density at radius 1 is 1.31 bits per heavy atom. The van der Waals surface area contributed by atoms with Gasteiger partial charge >= 0.3 is 0 Å². The Kier molecular flexibility index (Phi) is 1.82. The molecule has 80 valence electrons. The first-order valence-corrected chi connectivity index (χ1v) is 5.21. The maximum absolute atomic E-state index is 11.6. The van der Waals surface area contributed by atoms with Gasteiger partial charge in [0.15, 0.2) is 0 Å². The van der Waals surface area contributed by atoms with E-state index in [0.29, 0.717) is 16.1 Å². The summed E-state index contributed by atoms with van der Waals surface area (Å²) in [4.78, 5) is 16.0. The molecule has 2 N–H and O–H groups in total. The van der Waals surface area contributed by atoms with Crippen LogP contribution in [0.3, 0.4) is 0 Å². The third kappa shape index (κ3) is 1.17. The maximum Gasteiger partial charge on any atom is 0.270 e. The molecule has 0 fully saturated rings. The Balaban J connectivity index is 2.53. The van der Waals surface area contributed by atoms with Crippen LogP contribution < -0.4 is 10.9 Å². The predicted molar refractivity (Wildman–Crippen MR) is 62.6 cm³/mol. The van der Waals surface area contributed by atoms with E-state index in [0.717, 1.165) is 16.8 Å². The number of halogens is 1. The zero-order chi connectivity index (χ0) is 11.3. The summed E-state index contributed by atoms with van der Waals surface area (Å²) in [5.41, 5.74) is 8.38. The number of amides is 1. The quantitative estimate of drug-likeness (QED) is 0.734.